The Kier molecular flexibility index (Phi) is 12.3. The Balaban J connectivity index is 1.27. The van der Waals surface area contributed by atoms with Gasteiger partial charge in [0.15, 0.2) is 0 Å². The van der Waals surface area contributed by atoms with Crippen molar-refractivity contribution in [2.24, 2.45) is 5.73 Å². The van der Waals surface area contributed by atoms with Crippen LogP contribution in [-0.2, 0) is 31.2 Å². The van der Waals surface area contributed by atoms with Crippen LogP contribution in [0.15, 0.2) is 158 Å². The maximum Gasteiger partial charge on any atom is 0.328 e. The quantitative estimate of drug-likeness (QED) is 0.0881. The van der Waals surface area contributed by atoms with Gasteiger partial charge in [-0.15, -0.1) is 0 Å². The first-order valence-electron chi connectivity index (χ1n) is 20.2. The van der Waals surface area contributed by atoms with Crippen LogP contribution in [0.5, 0.6) is 11.5 Å². The van der Waals surface area contributed by atoms with Gasteiger partial charge in [0.2, 0.25) is 0 Å². The molecule has 0 aliphatic heterocycles. The zero-order chi connectivity index (χ0) is 41.7. The fraction of sp³-hybridized carbons (Fsp3) is 0.283. The summed E-state index contributed by atoms with van der Waals surface area (Å²) in [6.07, 6.45) is -0.0197. The molecule has 5 heteroatoms. The van der Waals surface area contributed by atoms with E-state index in [0.717, 1.165) is 44.5 Å². The van der Waals surface area contributed by atoms with Crippen molar-refractivity contribution < 1.29 is 19.1 Å². The third kappa shape index (κ3) is 8.56. The minimum atomic E-state index is -1.06. The number of nitrogens with two attached hydrogens (primary N) is 1. The van der Waals surface area contributed by atoms with Crippen molar-refractivity contribution in [3.05, 3.63) is 202 Å². The second kappa shape index (κ2) is 17.0. The van der Waals surface area contributed by atoms with Gasteiger partial charge in [-0.05, 0) is 51.9 Å². The van der Waals surface area contributed by atoms with Crippen LogP contribution < -0.4 is 15.2 Å². The van der Waals surface area contributed by atoms with Crippen molar-refractivity contribution in [1.29, 1.82) is 0 Å². The molecule has 58 heavy (non-hydrogen) atoms. The first-order chi connectivity index (χ1) is 27.6. The van der Waals surface area contributed by atoms with Crippen LogP contribution >= 0.6 is 0 Å². The monoisotopic (exact) mass is 771 g/mol. The fourth-order valence-electron chi connectivity index (χ4n) is 8.33. The Morgan fingerprint density at radius 1 is 0.448 bits per heavy atom. The third-order valence-electron chi connectivity index (χ3n) is 12.0. The molecule has 6 rings (SSSR count). The van der Waals surface area contributed by atoms with Crippen molar-refractivity contribution in [2.75, 3.05) is 0 Å². The molecule has 0 radical (unpaired) electrons. The van der Waals surface area contributed by atoms with E-state index in [4.69, 9.17) is 15.2 Å². The maximum atomic E-state index is 13.9. The first kappa shape index (κ1) is 41.8. The van der Waals surface area contributed by atoms with Crippen LogP contribution in [0.1, 0.15) is 113 Å². The van der Waals surface area contributed by atoms with E-state index in [1.54, 1.807) is 0 Å². The number of hydrogen-bond acceptors (Lipinski definition) is 5. The molecule has 5 nitrogen and oxygen atoms in total. The predicted octanol–water partition coefficient (Wildman–Crippen LogP) is 11.6. The maximum absolute atomic E-state index is 13.9. The van der Waals surface area contributed by atoms with Gasteiger partial charge in [-0.2, -0.15) is 0 Å². The van der Waals surface area contributed by atoms with Gasteiger partial charge in [-0.25, -0.2) is 4.79 Å². The highest BCUT2D eigenvalue weighted by Gasteiger charge is 2.38. The molecule has 0 aliphatic carbocycles. The fourth-order valence-corrected chi connectivity index (χ4v) is 8.33. The number of benzene rings is 6. The molecule has 1 unspecified atom stereocenters. The molecule has 0 spiro atoms. The van der Waals surface area contributed by atoms with Crippen LogP contribution in [0.3, 0.4) is 0 Å². The van der Waals surface area contributed by atoms with Crippen molar-refractivity contribution >= 4 is 11.9 Å². The number of esters is 2. The van der Waals surface area contributed by atoms with Gasteiger partial charge in [0.05, 0.1) is 0 Å². The molecule has 6 aromatic carbocycles. The lowest BCUT2D eigenvalue weighted by atomic mass is 9.68. The summed E-state index contributed by atoms with van der Waals surface area (Å²) in [6.45, 7) is 17.4. The summed E-state index contributed by atoms with van der Waals surface area (Å²) in [5.41, 5.74) is 13.1. The average molecular weight is 772 g/mol. The average Bonchev–Trinajstić information content (AvgIpc) is 3.23. The van der Waals surface area contributed by atoms with E-state index >= 15 is 0 Å². The van der Waals surface area contributed by atoms with Crippen LogP contribution in [-0.4, -0.2) is 18.0 Å². The van der Waals surface area contributed by atoms with Gasteiger partial charge in [0.1, 0.15) is 17.5 Å². The SMILES string of the molecule is CC(C)(c1ccccc1)c1cccc(OC(=O)CCC(N)C(=O)Oc2cccc(C(C)(C)c3ccccc3)c2C(C)(C)c2ccccc2)c1C(C)(C)c1ccccc1. The summed E-state index contributed by atoms with van der Waals surface area (Å²) in [6, 6.07) is 52.0. The molecular weight excluding hydrogens is 715 g/mol. The number of carbonyl (C=O) groups is 2. The molecule has 0 amide bonds. The standard InChI is InChI=1S/C53H57NO4/c1-50(2,37-23-13-9-14-24-37)41-31-21-33-44(47(41)52(5,6)39-27-17-11-18-28-39)57-46(55)36-35-43(54)49(56)58-45-34-22-32-42(51(3,4)38-25-15-10-16-26-38)48(45)53(7,8)40-29-19-12-20-30-40/h9-34,43H,35-36,54H2,1-8H3. The minimum absolute atomic E-state index is 0.0525. The van der Waals surface area contributed by atoms with Crippen molar-refractivity contribution in [3.63, 3.8) is 0 Å². The van der Waals surface area contributed by atoms with Crippen molar-refractivity contribution in [2.45, 2.75) is 95.9 Å². The summed E-state index contributed by atoms with van der Waals surface area (Å²) in [5.74, 6) is -0.142. The van der Waals surface area contributed by atoms with Gasteiger partial charge >= 0.3 is 11.9 Å². The van der Waals surface area contributed by atoms with E-state index in [2.05, 4.69) is 116 Å². The second-order valence-electron chi connectivity index (χ2n) is 17.4. The van der Waals surface area contributed by atoms with E-state index in [0.29, 0.717) is 11.5 Å². The zero-order valence-corrected chi connectivity index (χ0v) is 35.2. The molecule has 0 aromatic heterocycles. The molecule has 298 valence electrons. The summed E-state index contributed by atoms with van der Waals surface area (Å²) in [4.78, 5) is 27.6. The van der Waals surface area contributed by atoms with Gasteiger partial charge in [-0.3, -0.25) is 4.79 Å². The molecule has 0 heterocycles. The lowest BCUT2D eigenvalue weighted by molar-refractivity contribution is -0.137. The molecule has 0 saturated heterocycles. The largest absolute Gasteiger partial charge is 0.426 e. The highest BCUT2D eigenvalue weighted by atomic mass is 16.5. The molecule has 0 fully saturated rings. The van der Waals surface area contributed by atoms with Crippen LogP contribution in [0.2, 0.25) is 0 Å². The summed E-state index contributed by atoms with van der Waals surface area (Å²) in [5, 5.41) is 0. The molecule has 1 atom stereocenters. The Hall–Kier alpha value is -5.78. The lowest BCUT2D eigenvalue weighted by Gasteiger charge is -2.36. The highest BCUT2D eigenvalue weighted by Crippen LogP contribution is 2.47. The molecule has 0 bridgehead atoms. The number of carbonyl (C=O) groups excluding carboxylic acids is 2. The minimum Gasteiger partial charge on any atom is -0.426 e. The van der Waals surface area contributed by atoms with E-state index in [1.807, 2.05) is 97.1 Å². The molecule has 0 aliphatic rings. The third-order valence-corrected chi connectivity index (χ3v) is 12.0. The molecular formula is C53H57NO4. The van der Waals surface area contributed by atoms with Crippen LogP contribution in [0.25, 0.3) is 0 Å². The summed E-state index contributed by atoms with van der Waals surface area (Å²) >= 11 is 0. The molecule has 2 N–H and O–H groups in total. The van der Waals surface area contributed by atoms with Gasteiger partial charge in [0.25, 0.3) is 0 Å². The Morgan fingerprint density at radius 2 is 0.776 bits per heavy atom. The number of ether oxygens (including phenoxy) is 2. The van der Waals surface area contributed by atoms with Crippen LogP contribution in [0.4, 0.5) is 0 Å². The number of rotatable bonds is 14. The highest BCUT2D eigenvalue weighted by molar-refractivity contribution is 5.80. The predicted molar refractivity (Wildman–Crippen MR) is 236 cm³/mol. The Bertz CT molecular complexity index is 2330. The lowest BCUT2D eigenvalue weighted by Crippen LogP contribution is -2.36. The molecule has 0 saturated carbocycles. The number of hydrogen-bond donors (Lipinski definition) is 1. The van der Waals surface area contributed by atoms with Gasteiger partial charge in [-0.1, -0.05) is 201 Å². The smallest absolute Gasteiger partial charge is 0.328 e. The van der Waals surface area contributed by atoms with Gasteiger partial charge in [0, 0.05) is 39.2 Å². The Morgan fingerprint density at radius 3 is 1.14 bits per heavy atom. The second-order valence-corrected chi connectivity index (χ2v) is 17.4. The molecule has 6 aromatic rings. The van der Waals surface area contributed by atoms with Crippen LogP contribution in [0, 0.1) is 0 Å². The van der Waals surface area contributed by atoms with E-state index in [-0.39, 0.29) is 12.8 Å². The van der Waals surface area contributed by atoms with E-state index in [9.17, 15) is 9.59 Å². The normalized spacial score (nSPS) is 12.8. The van der Waals surface area contributed by atoms with Gasteiger partial charge < -0.3 is 15.2 Å². The van der Waals surface area contributed by atoms with E-state index < -0.39 is 39.6 Å². The summed E-state index contributed by atoms with van der Waals surface area (Å²) in [7, 11) is 0. The first-order valence-corrected chi connectivity index (χ1v) is 20.2. The van der Waals surface area contributed by atoms with Crippen molar-refractivity contribution in [3.8, 4) is 11.5 Å². The summed E-state index contributed by atoms with van der Waals surface area (Å²) < 4.78 is 12.5. The zero-order valence-electron chi connectivity index (χ0n) is 35.2. The Labute approximate surface area is 345 Å². The van der Waals surface area contributed by atoms with Crippen molar-refractivity contribution in [1.82, 2.24) is 0 Å². The van der Waals surface area contributed by atoms with E-state index in [1.165, 1.54) is 0 Å². The topological polar surface area (TPSA) is 78.6 Å².